The van der Waals surface area contributed by atoms with Crippen LogP contribution in [-0.2, 0) is 4.79 Å². The lowest BCUT2D eigenvalue weighted by molar-refractivity contribution is -0.384. The maximum Gasteiger partial charge on any atom is 0.273 e. The van der Waals surface area contributed by atoms with Gasteiger partial charge in [0.2, 0.25) is 5.91 Å². The van der Waals surface area contributed by atoms with E-state index < -0.39 is 11.0 Å². The van der Waals surface area contributed by atoms with Gasteiger partial charge in [-0.05, 0) is 73.6 Å². The number of nitro groups is 1. The van der Waals surface area contributed by atoms with Gasteiger partial charge in [-0.25, -0.2) is 0 Å². The molecule has 0 radical (unpaired) electrons. The van der Waals surface area contributed by atoms with Gasteiger partial charge in [0.05, 0.1) is 35.4 Å². The average Bonchev–Trinajstić information content (AvgIpc) is 3.58. The number of carbonyl (C=O) groups is 1. The number of hydrogen-bond acceptors (Lipinski definition) is 7. The quantitative estimate of drug-likeness (QED) is 0.144. The van der Waals surface area contributed by atoms with E-state index in [-0.39, 0.29) is 24.1 Å². The van der Waals surface area contributed by atoms with E-state index in [4.69, 9.17) is 21.4 Å². The van der Waals surface area contributed by atoms with Crippen LogP contribution in [0, 0.1) is 24.0 Å². The molecular formula is C30H29N5O5S. The van der Waals surface area contributed by atoms with Crippen molar-refractivity contribution in [3.8, 4) is 17.1 Å². The van der Waals surface area contributed by atoms with Gasteiger partial charge in [0, 0.05) is 30.9 Å². The number of non-ortho nitro benzene ring substituents is 1. The van der Waals surface area contributed by atoms with Crippen molar-refractivity contribution in [3.63, 3.8) is 0 Å². The molecule has 210 valence electrons. The number of nitro benzene ring substituents is 1. The van der Waals surface area contributed by atoms with Gasteiger partial charge in [0.15, 0.2) is 5.11 Å². The van der Waals surface area contributed by atoms with Crippen LogP contribution >= 0.6 is 12.2 Å². The van der Waals surface area contributed by atoms with Gasteiger partial charge in [0.1, 0.15) is 23.3 Å². The zero-order chi connectivity index (χ0) is 29.1. The Morgan fingerprint density at radius 2 is 2.00 bits per heavy atom. The number of benzene rings is 2. The normalized spacial score (nSPS) is 16.4. The lowest BCUT2D eigenvalue weighted by atomic mass is 10.0. The van der Waals surface area contributed by atoms with E-state index in [0.29, 0.717) is 34.5 Å². The third kappa shape index (κ3) is 5.90. The molecule has 1 aliphatic rings. The van der Waals surface area contributed by atoms with Crippen molar-refractivity contribution in [1.29, 1.82) is 0 Å². The number of carbonyl (C=O) groups excluding carboxylic acids is 1. The fraction of sp³-hybridized carbons (Fsp3) is 0.233. The van der Waals surface area contributed by atoms with E-state index in [1.807, 2.05) is 61.2 Å². The number of furan rings is 1. The summed E-state index contributed by atoms with van der Waals surface area (Å²) in [5, 5.41) is 18.1. The van der Waals surface area contributed by atoms with Gasteiger partial charge in [0.25, 0.3) is 5.69 Å². The van der Waals surface area contributed by atoms with Crippen LogP contribution in [0.1, 0.15) is 41.1 Å². The third-order valence-electron chi connectivity index (χ3n) is 7.02. The van der Waals surface area contributed by atoms with Crippen molar-refractivity contribution in [1.82, 2.24) is 15.2 Å². The van der Waals surface area contributed by atoms with Crippen LogP contribution in [0.15, 0.2) is 77.3 Å². The summed E-state index contributed by atoms with van der Waals surface area (Å²) < 4.78 is 11.8. The third-order valence-corrected chi connectivity index (χ3v) is 7.38. The molecule has 0 unspecified atom stereocenters. The number of rotatable bonds is 9. The fourth-order valence-corrected chi connectivity index (χ4v) is 5.25. The summed E-state index contributed by atoms with van der Waals surface area (Å²) in [6.45, 7) is 4.28. The van der Waals surface area contributed by atoms with Crippen molar-refractivity contribution in [3.05, 3.63) is 106 Å². The molecule has 5 rings (SSSR count). The maximum atomic E-state index is 13.0. The summed E-state index contributed by atoms with van der Waals surface area (Å²) in [4.78, 5) is 30.2. The highest BCUT2D eigenvalue weighted by Crippen LogP contribution is 2.42. The molecule has 3 heterocycles. The number of pyridine rings is 1. The Balaban J connectivity index is 1.43. The molecule has 0 spiro atoms. The van der Waals surface area contributed by atoms with E-state index >= 15 is 0 Å². The second kappa shape index (κ2) is 11.8. The Morgan fingerprint density at radius 3 is 2.73 bits per heavy atom. The number of thiocarbonyl (C=S) groups is 1. The van der Waals surface area contributed by atoms with Crippen LogP contribution < -0.4 is 15.4 Å². The summed E-state index contributed by atoms with van der Waals surface area (Å²) in [5.41, 5.74) is 4.10. The van der Waals surface area contributed by atoms with Crippen LogP contribution in [0.4, 0.5) is 11.4 Å². The Kier molecular flexibility index (Phi) is 7.97. The highest BCUT2D eigenvalue weighted by Gasteiger charge is 2.41. The minimum atomic E-state index is -0.475. The Bertz CT molecular complexity index is 1610. The van der Waals surface area contributed by atoms with Gasteiger partial charge in [-0.2, -0.15) is 0 Å². The van der Waals surface area contributed by atoms with E-state index in [9.17, 15) is 14.9 Å². The molecule has 0 saturated carbocycles. The Labute approximate surface area is 242 Å². The van der Waals surface area contributed by atoms with Crippen molar-refractivity contribution < 1.29 is 18.9 Å². The largest absolute Gasteiger partial charge is 0.496 e. The summed E-state index contributed by atoms with van der Waals surface area (Å²) in [6, 6.07) is 18.9. The highest BCUT2D eigenvalue weighted by atomic mass is 32.1. The molecule has 2 aromatic carbocycles. The van der Waals surface area contributed by atoms with E-state index in [2.05, 4.69) is 15.6 Å². The number of aromatic nitrogens is 1. The molecule has 11 heteroatoms. The van der Waals surface area contributed by atoms with Crippen molar-refractivity contribution >= 4 is 34.6 Å². The SMILES string of the molecule is COc1cc([N+](=O)[O-])ccc1-c1ccc([C@H]2[C@@H](c3ccccn3)NC(=S)N2CCC(=O)Nc2cc(C)ccc2C)o1. The molecule has 2 atom stereocenters. The molecule has 4 aromatic rings. The number of methoxy groups -OCH3 is 1. The van der Waals surface area contributed by atoms with E-state index in [1.165, 1.54) is 19.2 Å². The smallest absolute Gasteiger partial charge is 0.273 e. The van der Waals surface area contributed by atoms with E-state index in [1.54, 1.807) is 18.3 Å². The summed E-state index contributed by atoms with van der Waals surface area (Å²) in [7, 11) is 1.45. The van der Waals surface area contributed by atoms with Crippen molar-refractivity contribution in [2.75, 3.05) is 19.0 Å². The minimum Gasteiger partial charge on any atom is -0.496 e. The van der Waals surface area contributed by atoms with Crippen LogP contribution in [0.3, 0.4) is 0 Å². The molecule has 1 saturated heterocycles. The van der Waals surface area contributed by atoms with Gasteiger partial charge in [-0.1, -0.05) is 18.2 Å². The standard InChI is InChI=1S/C30H29N5O5S/c1-18-7-8-19(2)23(16-18)32-27(36)13-15-34-29(28(33-30(34)41)22-6-4-5-14-31-22)25-12-11-24(40-25)21-10-9-20(35(37)38)17-26(21)39-3/h4-12,14,16-17,28-29H,13,15H2,1-3H3,(H,32,36)(H,33,41)/t28-,29+/m1/s1. The molecule has 10 nitrogen and oxygen atoms in total. The first-order valence-electron chi connectivity index (χ1n) is 13.0. The zero-order valence-electron chi connectivity index (χ0n) is 22.8. The summed E-state index contributed by atoms with van der Waals surface area (Å²) in [6.07, 6.45) is 1.91. The molecule has 0 bridgehead atoms. The van der Waals surface area contributed by atoms with Crippen LogP contribution in [-0.4, -0.2) is 39.5 Å². The number of anilines is 1. The predicted octanol–water partition coefficient (Wildman–Crippen LogP) is 5.88. The second-order valence-corrected chi connectivity index (χ2v) is 10.2. The number of ether oxygens (including phenoxy) is 1. The molecule has 2 aromatic heterocycles. The molecular weight excluding hydrogens is 542 g/mol. The first-order valence-corrected chi connectivity index (χ1v) is 13.4. The maximum absolute atomic E-state index is 13.0. The van der Waals surface area contributed by atoms with Crippen LogP contribution in [0.2, 0.25) is 0 Å². The first kappa shape index (κ1) is 27.8. The predicted molar refractivity (Wildman–Crippen MR) is 159 cm³/mol. The molecule has 2 N–H and O–H groups in total. The van der Waals surface area contributed by atoms with Crippen molar-refractivity contribution in [2.45, 2.75) is 32.4 Å². The fourth-order valence-electron chi connectivity index (χ4n) is 4.91. The topological polar surface area (TPSA) is 123 Å². The number of amides is 1. The Hall–Kier alpha value is -4.77. The first-order chi connectivity index (χ1) is 19.7. The molecule has 41 heavy (non-hydrogen) atoms. The average molecular weight is 572 g/mol. The summed E-state index contributed by atoms with van der Waals surface area (Å²) >= 11 is 5.72. The van der Waals surface area contributed by atoms with E-state index in [0.717, 1.165) is 22.5 Å². The van der Waals surface area contributed by atoms with Crippen LogP contribution in [0.5, 0.6) is 5.75 Å². The van der Waals surface area contributed by atoms with Gasteiger partial charge in [-0.3, -0.25) is 19.9 Å². The number of nitrogens with zero attached hydrogens (tertiary/aromatic N) is 3. The highest BCUT2D eigenvalue weighted by molar-refractivity contribution is 7.80. The molecule has 1 amide bonds. The van der Waals surface area contributed by atoms with Crippen LogP contribution in [0.25, 0.3) is 11.3 Å². The number of aryl methyl sites for hydroxylation is 2. The monoisotopic (exact) mass is 571 g/mol. The van der Waals surface area contributed by atoms with Crippen molar-refractivity contribution in [2.24, 2.45) is 0 Å². The van der Waals surface area contributed by atoms with Gasteiger partial charge in [-0.15, -0.1) is 0 Å². The lowest BCUT2D eigenvalue weighted by Crippen LogP contribution is -2.32. The Morgan fingerprint density at radius 1 is 1.17 bits per heavy atom. The number of nitrogens with one attached hydrogen (secondary N) is 2. The lowest BCUT2D eigenvalue weighted by Gasteiger charge is -2.26. The summed E-state index contributed by atoms with van der Waals surface area (Å²) in [5.74, 6) is 1.27. The molecule has 1 aliphatic heterocycles. The molecule has 1 fully saturated rings. The second-order valence-electron chi connectivity index (χ2n) is 9.78. The minimum absolute atomic E-state index is 0.0803. The van der Waals surface area contributed by atoms with Gasteiger partial charge >= 0.3 is 0 Å². The van der Waals surface area contributed by atoms with Gasteiger partial charge < -0.3 is 24.7 Å². The zero-order valence-corrected chi connectivity index (χ0v) is 23.6. The number of hydrogen-bond donors (Lipinski definition) is 2. The molecule has 0 aliphatic carbocycles.